The van der Waals surface area contributed by atoms with Crippen molar-refractivity contribution in [3.63, 3.8) is 0 Å². The first-order valence-corrected chi connectivity index (χ1v) is 4.74. The van der Waals surface area contributed by atoms with Crippen LogP contribution in [0, 0.1) is 0 Å². The number of aromatic nitrogens is 1. The number of hydrogen-bond acceptors (Lipinski definition) is 4. The molecule has 4 heteroatoms. The molecule has 0 amide bonds. The number of fused-ring (bicyclic) bond motifs is 1. The third-order valence-corrected chi connectivity index (χ3v) is 2.21. The van der Waals surface area contributed by atoms with Crippen LogP contribution in [-0.4, -0.2) is 24.1 Å². The summed E-state index contributed by atoms with van der Waals surface area (Å²) in [6.45, 7) is 0. The number of nitrogens with zero attached hydrogens (tertiary/aromatic N) is 2. The van der Waals surface area contributed by atoms with Crippen LogP contribution in [0.1, 0.15) is 0 Å². The van der Waals surface area contributed by atoms with Crippen LogP contribution < -0.4 is 11.2 Å². The van der Waals surface area contributed by atoms with Crippen LogP contribution in [0.5, 0.6) is 0 Å². The number of hydrazine groups is 1. The Kier molecular flexibility index (Phi) is 2.43. The van der Waals surface area contributed by atoms with Gasteiger partial charge in [0.2, 0.25) is 0 Å². The maximum Gasteiger partial charge on any atom is 0.0726 e. The van der Waals surface area contributed by atoms with Crippen molar-refractivity contribution in [2.24, 2.45) is 0 Å². The van der Waals surface area contributed by atoms with Crippen LogP contribution in [0.3, 0.4) is 0 Å². The van der Waals surface area contributed by atoms with Crippen molar-refractivity contribution in [3.05, 3.63) is 30.6 Å². The van der Waals surface area contributed by atoms with Gasteiger partial charge in [-0.2, -0.15) is 0 Å². The maximum atomic E-state index is 6.05. The van der Waals surface area contributed by atoms with Crippen LogP contribution in [0.2, 0.25) is 0 Å². The van der Waals surface area contributed by atoms with Crippen LogP contribution in [-0.2, 0) is 0 Å². The van der Waals surface area contributed by atoms with E-state index in [0.717, 1.165) is 22.1 Å². The SMILES string of the molecule is CN(C)Nc1ccc2cnccc2c1N. The first kappa shape index (κ1) is 9.73. The molecule has 2 aromatic rings. The monoisotopic (exact) mass is 202 g/mol. The van der Waals surface area contributed by atoms with Crippen molar-refractivity contribution in [3.8, 4) is 0 Å². The summed E-state index contributed by atoms with van der Waals surface area (Å²) in [4.78, 5) is 4.06. The summed E-state index contributed by atoms with van der Waals surface area (Å²) in [5.74, 6) is 0. The number of hydrogen-bond donors (Lipinski definition) is 2. The summed E-state index contributed by atoms with van der Waals surface area (Å²) in [6, 6.07) is 5.88. The average molecular weight is 202 g/mol. The zero-order valence-electron chi connectivity index (χ0n) is 8.86. The quantitative estimate of drug-likeness (QED) is 0.575. The van der Waals surface area contributed by atoms with Crippen LogP contribution in [0.15, 0.2) is 30.6 Å². The van der Waals surface area contributed by atoms with E-state index >= 15 is 0 Å². The Morgan fingerprint density at radius 1 is 1.27 bits per heavy atom. The molecule has 1 heterocycles. The summed E-state index contributed by atoms with van der Waals surface area (Å²) in [5, 5.41) is 3.94. The van der Waals surface area contributed by atoms with Crippen molar-refractivity contribution in [2.75, 3.05) is 25.3 Å². The molecule has 1 aromatic carbocycles. The van der Waals surface area contributed by atoms with Gasteiger partial charge >= 0.3 is 0 Å². The van der Waals surface area contributed by atoms with E-state index in [-0.39, 0.29) is 0 Å². The molecule has 0 fully saturated rings. The molecule has 0 unspecified atom stereocenters. The Morgan fingerprint density at radius 3 is 2.80 bits per heavy atom. The molecule has 0 spiro atoms. The van der Waals surface area contributed by atoms with Crippen molar-refractivity contribution in [2.45, 2.75) is 0 Å². The zero-order valence-corrected chi connectivity index (χ0v) is 8.86. The Labute approximate surface area is 88.7 Å². The number of nitrogen functional groups attached to an aromatic ring is 1. The highest BCUT2D eigenvalue weighted by atomic mass is 15.5. The Morgan fingerprint density at radius 2 is 2.07 bits per heavy atom. The number of nitrogens with one attached hydrogen (secondary N) is 1. The maximum absolute atomic E-state index is 6.05. The van der Waals surface area contributed by atoms with Crippen LogP contribution in [0.4, 0.5) is 11.4 Å². The van der Waals surface area contributed by atoms with Gasteiger partial charge in [0.15, 0.2) is 0 Å². The molecule has 0 aliphatic heterocycles. The lowest BCUT2D eigenvalue weighted by Gasteiger charge is -2.16. The normalized spacial score (nSPS) is 10.9. The standard InChI is InChI=1S/C11H14N4/c1-15(2)14-10-4-3-8-7-13-6-5-9(8)11(10)12/h3-7,14H,12H2,1-2H3. The lowest BCUT2D eigenvalue weighted by Crippen LogP contribution is -2.20. The molecule has 0 aliphatic rings. The summed E-state index contributed by atoms with van der Waals surface area (Å²) in [7, 11) is 3.85. The van der Waals surface area contributed by atoms with Gasteiger partial charge in [-0.15, -0.1) is 0 Å². The third-order valence-electron chi connectivity index (χ3n) is 2.21. The third kappa shape index (κ3) is 1.85. The second-order valence-electron chi connectivity index (χ2n) is 3.63. The molecule has 15 heavy (non-hydrogen) atoms. The first-order chi connectivity index (χ1) is 7.18. The topological polar surface area (TPSA) is 54.2 Å². The number of rotatable bonds is 2. The second kappa shape index (κ2) is 3.74. The van der Waals surface area contributed by atoms with E-state index in [1.54, 1.807) is 6.20 Å². The van der Waals surface area contributed by atoms with Gasteiger partial charge in [-0.25, -0.2) is 5.01 Å². The Bertz CT molecular complexity index is 479. The zero-order chi connectivity index (χ0) is 10.8. The molecule has 78 valence electrons. The van der Waals surface area contributed by atoms with E-state index in [1.807, 2.05) is 43.5 Å². The predicted octanol–water partition coefficient (Wildman–Crippen LogP) is 1.71. The molecule has 0 aliphatic carbocycles. The number of nitrogens with two attached hydrogens (primary N) is 1. The van der Waals surface area contributed by atoms with Crippen LogP contribution >= 0.6 is 0 Å². The number of anilines is 2. The highest BCUT2D eigenvalue weighted by Gasteiger charge is 2.03. The van der Waals surface area contributed by atoms with E-state index in [9.17, 15) is 0 Å². The average Bonchev–Trinajstić information content (AvgIpc) is 2.22. The molecular formula is C11H14N4. The van der Waals surface area contributed by atoms with Gasteiger partial charge in [-0.05, 0) is 12.1 Å². The molecule has 4 nitrogen and oxygen atoms in total. The highest BCUT2D eigenvalue weighted by molar-refractivity contribution is 5.98. The second-order valence-corrected chi connectivity index (χ2v) is 3.63. The van der Waals surface area contributed by atoms with Gasteiger partial charge in [0.1, 0.15) is 0 Å². The number of benzene rings is 1. The van der Waals surface area contributed by atoms with E-state index in [4.69, 9.17) is 5.73 Å². The molecule has 0 saturated carbocycles. The van der Waals surface area contributed by atoms with Crippen LogP contribution in [0.25, 0.3) is 10.8 Å². The van der Waals surface area contributed by atoms with E-state index in [1.165, 1.54) is 0 Å². The summed E-state index contributed by atoms with van der Waals surface area (Å²) in [5.41, 5.74) is 10.9. The lowest BCUT2D eigenvalue weighted by molar-refractivity contribution is 0.496. The molecule has 0 radical (unpaired) electrons. The molecule has 0 atom stereocenters. The Hall–Kier alpha value is -1.81. The summed E-state index contributed by atoms with van der Waals surface area (Å²) < 4.78 is 0. The fraction of sp³-hybridized carbons (Fsp3) is 0.182. The Balaban J connectivity index is 2.55. The van der Waals surface area contributed by atoms with Crippen molar-refractivity contribution in [1.29, 1.82) is 0 Å². The van der Waals surface area contributed by atoms with Gasteiger partial charge in [0.25, 0.3) is 0 Å². The van der Waals surface area contributed by atoms with E-state index in [0.29, 0.717) is 0 Å². The van der Waals surface area contributed by atoms with Gasteiger partial charge in [-0.1, -0.05) is 6.07 Å². The highest BCUT2D eigenvalue weighted by Crippen LogP contribution is 2.27. The minimum Gasteiger partial charge on any atom is -0.397 e. The largest absolute Gasteiger partial charge is 0.397 e. The molecule has 0 saturated heterocycles. The van der Waals surface area contributed by atoms with E-state index < -0.39 is 0 Å². The van der Waals surface area contributed by atoms with Crippen molar-refractivity contribution < 1.29 is 0 Å². The minimum absolute atomic E-state index is 0.753. The molecular weight excluding hydrogens is 188 g/mol. The lowest BCUT2D eigenvalue weighted by atomic mass is 10.1. The molecule has 1 aromatic heterocycles. The summed E-state index contributed by atoms with van der Waals surface area (Å²) >= 11 is 0. The fourth-order valence-electron chi connectivity index (χ4n) is 1.53. The van der Waals surface area contributed by atoms with Gasteiger partial charge in [0.05, 0.1) is 11.4 Å². The molecule has 3 N–H and O–H groups in total. The van der Waals surface area contributed by atoms with E-state index in [2.05, 4.69) is 10.4 Å². The van der Waals surface area contributed by atoms with Gasteiger partial charge in [-0.3, -0.25) is 4.98 Å². The fourth-order valence-corrected chi connectivity index (χ4v) is 1.53. The van der Waals surface area contributed by atoms with Crippen molar-refractivity contribution >= 4 is 22.1 Å². The summed E-state index contributed by atoms with van der Waals surface area (Å²) in [6.07, 6.45) is 3.56. The van der Waals surface area contributed by atoms with Gasteiger partial charge < -0.3 is 11.2 Å². The predicted molar refractivity (Wildman–Crippen MR) is 63.5 cm³/mol. The van der Waals surface area contributed by atoms with Gasteiger partial charge in [0, 0.05) is 37.3 Å². The van der Waals surface area contributed by atoms with Crippen molar-refractivity contribution in [1.82, 2.24) is 9.99 Å². The first-order valence-electron chi connectivity index (χ1n) is 4.74. The number of pyridine rings is 1. The molecule has 0 bridgehead atoms. The minimum atomic E-state index is 0.753. The smallest absolute Gasteiger partial charge is 0.0726 e. The molecule has 2 rings (SSSR count).